The maximum Gasteiger partial charge on any atom is 0.251 e. The number of benzene rings is 4. The summed E-state index contributed by atoms with van der Waals surface area (Å²) in [5.41, 5.74) is 4.28. The number of nitrogens with one attached hydrogen (secondary N) is 1. The van der Waals surface area contributed by atoms with Crippen molar-refractivity contribution >= 4 is 23.2 Å². The molecular weight excluding hydrogens is 514 g/mol. The second-order valence-corrected chi connectivity index (χ2v) is 9.98. The van der Waals surface area contributed by atoms with E-state index in [2.05, 4.69) is 10.2 Å². The molecule has 1 aliphatic rings. The van der Waals surface area contributed by atoms with Crippen molar-refractivity contribution in [2.24, 2.45) is 0 Å². The fourth-order valence-corrected chi connectivity index (χ4v) is 5.02. The first-order valence-corrected chi connectivity index (χ1v) is 13.9. The predicted molar refractivity (Wildman–Crippen MR) is 161 cm³/mol. The van der Waals surface area contributed by atoms with Crippen molar-refractivity contribution in [3.63, 3.8) is 0 Å². The van der Waals surface area contributed by atoms with Crippen LogP contribution in [0.5, 0.6) is 5.75 Å². The van der Waals surface area contributed by atoms with E-state index in [0.717, 1.165) is 29.9 Å². The molecule has 0 aromatic heterocycles. The first kappa shape index (κ1) is 27.9. The summed E-state index contributed by atoms with van der Waals surface area (Å²) in [6, 6.07) is 33.6. The maximum atomic E-state index is 14.1. The Labute approximate surface area is 241 Å². The molecule has 7 heteroatoms. The van der Waals surface area contributed by atoms with Gasteiger partial charge in [-0.3, -0.25) is 9.59 Å². The number of hydrogen-bond acceptors (Lipinski definition) is 5. The summed E-state index contributed by atoms with van der Waals surface area (Å²) in [7, 11) is 1.60. The number of anilines is 2. The molecule has 2 amide bonds. The van der Waals surface area contributed by atoms with Gasteiger partial charge in [-0.1, -0.05) is 72.8 Å². The van der Waals surface area contributed by atoms with Gasteiger partial charge in [0, 0.05) is 31.0 Å². The highest BCUT2D eigenvalue weighted by Crippen LogP contribution is 2.28. The molecule has 1 fully saturated rings. The summed E-state index contributed by atoms with van der Waals surface area (Å²) in [5.74, 6) is 0.252. The highest BCUT2D eigenvalue weighted by Gasteiger charge is 2.32. The quantitative estimate of drug-likeness (QED) is 0.284. The monoisotopic (exact) mass is 549 g/mol. The van der Waals surface area contributed by atoms with Crippen LogP contribution in [-0.2, 0) is 27.3 Å². The lowest BCUT2D eigenvalue weighted by molar-refractivity contribution is -0.139. The Morgan fingerprint density at radius 1 is 0.829 bits per heavy atom. The molecule has 0 spiro atoms. The van der Waals surface area contributed by atoms with Gasteiger partial charge in [-0.25, -0.2) is 0 Å². The van der Waals surface area contributed by atoms with Crippen molar-refractivity contribution in [2.75, 3.05) is 43.6 Å². The van der Waals surface area contributed by atoms with Gasteiger partial charge in [0.15, 0.2) is 0 Å². The average molecular weight is 550 g/mol. The van der Waals surface area contributed by atoms with Gasteiger partial charge in [0.1, 0.15) is 11.8 Å². The molecule has 0 radical (unpaired) electrons. The Hall–Kier alpha value is -4.62. The first-order chi connectivity index (χ1) is 20.1. The molecular formula is C34H35N3O4. The minimum absolute atomic E-state index is 0.140. The highest BCUT2D eigenvalue weighted by molar-refractivity contribution is 5.98. The normalized spacial score (nSPS) is 13.7. The zero-order valence-corrected chi connectivity index (χ0v) is 23.2. The van der Waals surface area contributed by atoms with Crippen LogP contribution in [0, 0.1) is 0 Å². The van der Waals surface area contributed by atoms with Crippen LogP contribution in [0.2, 0.25) is 0 Å². The molecule has 7 nitrogen and oxygen atoms in total. The van der Waals surface area contributed by atoms with E-state index in [4.69, 9.17) is 9.47 Å². The van der Waals surface area contributed by atoms with E-state index < -0.39 is 6.04 Å². The smallest absolute Gasteiger partial charge is 0.251 e. The van der Waals surface area contributed by atoms with Gasteiger partial charge in [-0.05, 0) is 53.1 Å². The summed E-state index contributed by atoms with van der Waals surface area (Å²) in [5, 5.41) is 3.08. The number of ether oxygens (including phenoxy) is 2. The van der Waals surface area contributed by atoms with Crippen LogP contribution >= 0.6 is 0 Å². The third-order valence-electron chi connectivity index (χ3n) is 7.22. The highest BCUT2D eigenvalue weighted by atomic mass is 16.5. The summed E-state index contributed by atoms with van der Waals surface area (Å²) in [6.45, 7) is 3.37. The van der Waals surface area contributed by atoms with Crippen molar-refractivity contribution in [1.29, 1.82) is 0 Å². The number of rotatable bonds is 10. The minimum Gasteiger partial charge on any atom is -0.497 e. The van der Waals surface area contributed by atoms with Crippen LogP contribution < -0.4 is 15.0 Å². The second-order valence-electron chi connectivity index (χ2n) is 9.98. The van der Waals surface area contributed by atoms with E-state index in [-0.39, 0.29) is 24.8 Å². The van der Waals surface area contributed by atoms with Gasteiger partial charge in [0.05, 0.1) is 26.7 Å². The molecule has 5 rings (SSSR count). The molecule has 4 aromatic carbocycles. The molecule has 1 heterocycles. The summed E-state index contributed by atoms with van der Waals surface area (Å²) >= 11 is 0. The summed E-state index contributed by atoms with van der Waals surface area (Å²) < 4.78 is 10.8. The molecule has 1 atom stereocenters. The van der Waals surface area contributed by atoms with Crippen LogP contribution in [0.25, 0.3) is 0 Å². The zero-order chi connectivity index (χ0) is 28.4. The molecule has 1 aliphatic heterocycles. The third kappa shape index (κ3) is 7.32. The number of methoxy groups -OCH3 is 1. The summed E-state index contributed by atoms with van der Waals surface area (Å²) in [6.07, 6.45) is 0.182. The fraction of sp³-hybridized carbons (Fsp3) is 0.235. The molecule has 0 bridgehead atoms. The topological polar surface area (TPSA) is 71.1 Å². The Kier molecular flexibility index (Phi) is 9.29. The van der Waals surface area contributed by atoms with E-state index in [1.54, 1.807) is 12.0 Å². The lowest BCUT2D eigenvalue weighted by Gasteiger charge is -2.32. The lowest BCUT2D eigenvalue weighted by atomic mass is 10.0. The standard InChI is InChI=1S/C34H35N3O4/c1-40-31-18-12-28(13-19-31)33(34(39)35-29-14-16-30(17-15-29)36-20-22-41-23-21-36)37(25-27-10-6-3-7-11-27)32(38)24-26-8-4-2-5-9-26/h2-19,33H,20-25H2,1H3,(H,35,39)/t33-/m1/s1. The summed E-state index contributed by atoms with van der Waals surface area (Å²) in [4.78, 5) is 31.9. The SMILES string of the molecule is COc1ccc([C@H](C(=O)Nc2ccc(N3CCOCC3)cc2)N(Cc2ccccc2)C(=O)Cc2ccccc2)cc1. The molecule has 0 unspecified atom stereocenters. The molecule has 1 saturated heterocycles. The van der Waals surface area contributed by atoms with Crippen molar-refractivity contribution in [2.45, 2.75) is 19.0 Å². The van der Waals surface area contributed by atoms with Crippen LogP contribution in [0.4, 0.5) is 11.4 Å². The molecule has 1 N–H and O–H groups in total. The van der Waals surface area contributed by atoms with Gasteiger partial charge < -0.3 is 24.6 Å². The van der Waals surface area contributed by atoms with E-state index in [9.17, 15) is 9.59 Å². The largest absolute Gasteiger partial charge is 0.497 e. The van der Waals surface area contributed by atoms with E-state index >= 15 is 0 Å². The first-order valence-electron chi connectivity index (χ1n) is 13.9. The predicted octanol–water partition coefficient (Wildman–Crippen LogP) is 5.48. The minimum atomic E-state index is -0.865. The van der Waals surface area contributed by atoms with Gasteiger partial charge in [0.2, 0.25) is 5.91 Å². The van der Waals surface area contributed by atoms with E-state index in [1.807, 2.05) is 109 Å². The maximum absolute atomic E-state index is 14.1. The van der Waals surface area contributed by atoms with E-state index in [0.29, 0.717) is 30.2 Å². The number of carbonyl (C=O) groups is 2. The van der Waals surface area contributed by atoms with Crippen molar-refractivity contribution in [3.8, 4) is 5.75 Å². The fourth-order valence-electron chi connectivity index (χ4n) is 5.02. The molecule has 41 heavy (non-hydrogen) atoms. The van der Waals surface area contributed by atoms with Gasteiger partial charge in [0.25, 0.3) is 5.91 Å². The average Bonchev–Trinajstić information content (AvgIpc) is 3.03. The second kappa shape index (κ2) is 13.6. The van der Waals surface area contributed by atoms with Crippen molar-refractivity contribution in [3.05, 3.63) is 126 Å². The van der Waals surface area contributed by atoms with Gasteiger partial charge >= 0.3 is 0 Å². The molecule has 0 aliphatic carbocycles. The van der Waals surface area contributed by atoms with Crippen LogP contribution in [0.15, 0.2) is 109 Å². The Balaban J connectivity index is 1.46. The van der Waals surface area contributed by atoms with Crippen LogP contribution in [-0.4, -0.2) is 50.1 Å². The number of nitrogens with zero attached hydrogens (tertiary/aromatic N) is 2. The number of morpholine rings is 1. The van der Waals surface area contributed by atoms with Gasteiger partial charge in [-0.2, -0.15) is 0 Å². The zero-order valence-electron chi connectivity index (χ0n) is 23.2. The third-order valence-corrected chi connectivity index (χ3v) is 7.22. The van der Waals surface area contributed by atoms with E-state index in [1.165, 1.54) is 0 Å². The number of amides is 2. The molecule has 210 valence electrons. The Morgan fingerprint density at radius 2 is 1.44 bits per heavy atom. The Bertz CT molecular complexity index is 1400. The molecule has 0 saturated carbocycles. The van der Waals surface area contributed by atoms with Crippen LogP contribution in [0.1, 0.15) is 22.7 Å². The number of hydrogen-bond donors (Lipinski definition) is 1. The Morgan fingerprint density at radius 3 is 2.05 bits per heavy atom. The lowest BCUT2D eigenvalue weighted by Crippen LogP contribution is -2.41. The van der Waals surface area contributed by atoms with Crippen molar-refractivity contribution < 1.29 is 19.1 Å². The van der Waals surface area contributed by atoms with Crippen LogP contribution in [0.3, 0.4) is 0 Å². The number of carbonyl (C=O) groups excluding carboxylic acids is 2. The molecule has 4 aromatic rings. The van der Waals surface area contributed by atoms with Crippen molar-refractivity contribution in [1.82, 2.24) is 4.90 Å². The van der Waals surface area contributed by atoms with Gasteiger partial charge in [-0.15, -0.1) is 0 Å².